The summed E-state index contributed by atoms with van der Waals surface area (Å²) >= 11 is 0. The number of Topliss-reactive ketones (excluding diaryl/α,β-unsaturated/α-hetero) is 1. The average molecular weight is 388 g/mol. The highest BCUT2D eigenvalue weighted by atomic mass is 32.2. The summed E-state index contributed by atoms with van der Waals surface area (Å²) in [5.41, 5.74) is 1.69. The molecule has 1 atom stereocenters. The number of piperidine rings is 1. The van der Waals surface area contributed by atoms with Gasteiger partial charge in [0.1, 0.15) is 5.75 Å². The Labute approximate surface area is 161 Å². The molecule has 1 saturated heterocycles. The Hall–Kier alpha value is -2.18. The third-order valence-corrected chi connectivity index (χ3v) is 6.77. The first-order valence-electron chi connectivity index (χ1n) is 9.17. The summed E-state index contributed by atoms with van der Waals surface area (Å²) in [6, 6.07) is 14.0. The van der Waals surface area contributed by atoms with E-state index < -0.39 is 10.0 Å². The van der Waals surface area contributed by atoms with E-state index in [4.69, 9.17) is 4.74 Å². The number of rotatable bonds is 6. The zero-order valence-corrected chi connectivity index (χ0v) is 16.5. The summed E-state index contributed by atoms with van der Waals surface area (Å²) in [6.07, 6.45) is 1.76. The highest BCUT2D eigenvalue weighted by molar-refractivity contribution is 7.89. The lowest BCUT2D eigenvalue weighted by atomic mass is 10.0. The lowest BCUT2D eigenvalue weighted by Crippen LogP contribution is -2.41. The molecule has 0 aliphatic carbocycles. The predicted octanol–water partition coefficient (Wildman–Crippen LogP) is 3.68. The van der Waals surface area contributed by atoms with E-state index in [1.54, 1.807) is 12.1 Å². The summed E-state index contributed by atoms with van der Waals surface area (Å²) in [5, 5.41) is 0. The fourth-order valence-corrected chi connectivity index (χ4v) is 4.80. The van der Waals surface area contributed by atoms with Gasteiger partial charge in [-0.25, -0.2) is 8.42 Å². The maximum Gasteiger partial charge on any atom is 0.243 e. The van der Waals surface area contributed by atoms with E-state index in [1.165, 1.54) is 28.9 Å². The van der Waals surface area contributed by atoms with Crippen LogP contribution in [-0.4, -0.2) is 38.2 Å². The fourth-order valence-electron chi connectivity index (χ4n) is 3.24. The molecule has 2 aromatic rings. The SMILES string of the molecule is CC(=O)c1ccc(S(=O)(=O)N2CCCC(COc3ccc(C)cc3)C2)cc1. The second kappa shape index (κ2) is 8.23. The maximum atomic E-state index is 12.9. The molecule has 0 N–H and O–H groups in total. The number of carbonyl (C=O) groups is 1. The molecule has 6 heteroatoms. The van der Waals surface area contributed by atoms with Crippen LogP contribution in [0.4, 0.5) is 0 Å². The number of ether oxygens (including phenoxy) is 1. The van der Waals surface area contributed by atoms with Crippen LogP contribution in [-0.2, 0) is 10.0 Å². The molecule has 1 aliphatic heterocycles. The number of hydrogen-bond acceptors (Lipinski definition) is 4. The molecule has 0 aromatic heterocycles. The number of hydrogen-bond donors (Lipinski definition) is 0. The van der Waals surface area contributed by atoms with Gasteiger partial charge in [-0.2, -0.15) is 4.31 Å². The minimum atomic E-state index is -3.56. The van der Waals surface area contributed by atoms with Crippen LogP contribution in [0.1, 0.15) is 35.7 Å². The van der Waals surface area contributed by atoms with Crippen LogP contribution < -0.4 is 4.74 Å². The zero-order valence-electron chi connectivity index (χ0n) is 15.7. The molecule has 1 aliphatic rings. The zero-order chi connectivity index (χ0) is 19.4. The summed E-state index contributed by atoms with van der Waals surface area (Å²) < 4.78 is 33.2. The van der Waals surface area contributed by atoms with Crippen LogP contribution in [0.3, 0.4) is 0 Å². The molecule has 1 unspecified atom stereocenters. The third-order valence-electron chi connectivity index (χ3n) is 4.89. The topological polar surface area (TPSA) is 63.7 Å². The first kappa shape index (κ1) is 19.6. The second-order valence-electron chi connectivity index (χ2n) is 7.08. The van der Waals surface area contributed by atoms with Crippen molar-refractivity contribution in [2.45, 2.75) is 31.6 Å². The van der Waals surface area contributed by atoms with Crippen molar-refractivity contribution >= 4 is 15.8 Å². The van der Waals surface area contributed by atoms with Crippen molar-refractivity contribution in [1.82, 2.24) is 4.31 Å². The van der Waals surface area contributed by atoms with Gasteiger partial charge < -0.3 is 4.74 Å². The van der Waals surface area contributed by atoms with Gasteiger partial charge in [-0.15, -0.1) is 0 Å². The molecule has 0 spiro atoms. The van der Waals surface area contributed by atoms with Crippen LogP contribution in [0, 0.1) is 12.8 Å². The van der Waals surface area contributed by atoms with E-state index >= 15 is 0 Å². The van der Waals surface area contributed by atoms with E-state index in [-0.39, 0.29) is 16.6 Å². The second-order valence-corrected chi connectivity index (χ2v) is 9.01. The summed E-state index contributed by atoms with van der Waals surface area (Å²) in [5.74, 6) is 0.886. The smallest absolute Gasteiger partial charge is 0.243 e. The highest BCUT2D eigenvalue weighted by Crippen LogP contribution is 2.25. The monoisotopic (exact) mass is 387 g/mol. The molecule has 0 bridgehead atoms. The van der Waals surface area contributed by atoms with E-state index in [9.17, 15) is 13.2 Å². The summed E-state index contributed by atoms with van der Waals surface area (Å²) in [4.78, 5) is 11.6. The Balaban J connectivity index is 1.65. The Morgan fingerprint density at radius 3 is 2.41 bits per heavy atom. The van der Waals surface area contributed by atoms with E-state index in [0.29, 0.717) is 25.3 Å². The van der Waals surface area contributed by atoms with Gasteiger partial charge in [0.2, 0.25) is 10.0 Å². The van der Waals surface area contributed by atoms with Gasteiger partial charge in [0, 0.05) is 24.6 Å². The van der Waals surface area contributed by atoms with E-state index in [2.05, 4.69) is 0 Å². The van der Waals surface area contributed by atoms with Gasteiger partial charge in [-0.05, 0) is 51.0 Å². The number of benzene rings is 2. The average Bonchev–Trinajstić information content (AvgIpc) is 2.68. The van der Waals surface area contributed by atoms with Crippen LogP contribution >= 0.6 is 0 Å². The van der Waals surface area contributed by atoms with Gasteiger partial charge >= 0.3 is 0 Å². The lowest BCUT2D eigenvalue weighted by Gasteiger charge is -2.31. The first-order valence-corrected chi connectivity index (χ1v) is 10.6. The largest absolute Gasteiger partial charge is 0.493 e. The van der Waals surface area contributed by atoms with Gasteiger partial charge in [0.15, 0.2) is 5.78 Å². The van der Waals surface area contributed by atoms with Crippen LogP contribution in [0.5, 0.6) is 5.75 Å². The van der Waals surface area contributed by atoms with Crippen molar-refractivity contribution in [3.05, 3.63) is 59.7 Å². The lowest BCUT2D eigenvalue weighted by molar-refractivity contribution is 0.101. The molecule has 0 saturated carbocycles. The Kier molecular flexibility index (Phi) is 5.97. The number of nitrogens with zero attached hydrogens (tertiary/aromatic N) is 1. The third kappa shape index (κ3) is 4.76. The normalized spacial score (nSPS) is 18.2. The molecule has 27 heavy (non-hydrogen) atoms. The molecule has 0 radical (unpaired) electrons. The van der Waals surface area contributed by atoms with Gasteiger partial charge in [0.05, 0.1) is 11.5 Å². The molecule has 1 heterocycles. The van der Waals surface area contributed by atoms with Crippen molar-refractivity contribution < 1.29 is 17.9 Å². The Morgan fingerprint density at radius 2 is 1.78 bits per heavy atom. The minimum Gasteiger partial charge on any atom is -0.493 e. The standard InChI is InChI=1S/C21H25NO4S/c1-16-5-9-20(10-6-16)26-15-18-4-3-13-22(14-18)27(24,25)21-11-7-19(8-12-21)17(2)23/h5-12,18H,3-4,13-15H2,1-2H3. The maximum absolute atomic E-state index is 12.9. The quantitative estimate of drug-likeness (QED) is 0.710. The molecule has 144 valence electrons. The molecule has 0 amide bonds. The molecule has 3 rings (SSSR count). The minimum absolute atomic E-state index is 0.0785. The number of ketones is 1. The van der Waals surface area contributed by atoms with E-state index in [1.807, 2.05) is 31.2 Å². The van der Waals surface area contributed by atoms with Gasteiger partial charge in [0.25, 0.3) is 0 Å². The van der Waals surface area contributed by atoms with Crippen molar-refractivity contribution in [2.75, 3.05) is 19.7 Å². The van der Waals surface area contributed by atoms with Crippen molar-refractivity contribution in [3.63, 3.8) is 0 Å². The number of aryl methyl sites for hydroxylation is 1. The van der Waals surface area contributed by atoms with Gasteiger partial charge in [-0.1, -0.05) is 29.8 Å². The molecular formula is C21H25NO4S. The molecule has 1 fully saturated rings. The van der Waals surface area contributed by atoms with Crippen molar-refractivity contribution in [2.24, 2.45) is 5.92 Å². The molecular weight excluding hydrogens is 362 g/mol. The number of sulfonamides is 1. The Bertz CT molecular complexity index is 889. The fraction of sp³-hybridized carbons (Fsp3) is 0.381. The van der Waals surface area contributed by atoms with Gasteiger partial charge in [-0.3, -0.25) is 4.79 Å². The van der Waals surface area contributed by atoms with Crippen LogP contribution in [0.2, 0.25) is 0 Å². The highest BCUT2D eigenvalue weighted by Gasteiger charge is 2.30. The van der Waals surface area contributed by atoms with Crippen molar-refractivity contribution in [3.8, 4) is 5.75 Å². The molecule has 5 nitrogen and oxygen atoms in total. The number of carbonyl (C=O) groups excluding carboxylic acids is 1. The summed E-state index contributed by atoms with van der Waals surface area (Å²) in [6.45, 7) is 4.95. The van der Waals surface area contributed by atoms with Crippen molar-refractivity contribution in [1.29, 1.82) is 0 Å². The summed E-state index contributed by atoms with van der Waals surface area (Å²) in [7, 11) is -3.56. The predicted molar refractivity (Wildman–Crippen MR) is 105 cm³/mol. The Morgan fingerprint density at radius 1 is 1.11 bits per heavy atom. The molecule has 2 aromatic carbocycles. The first-order chi connectivity index (χ1) is 12.9. The van der Waals surface area contributed by atoms with Crippen LogP contribution in [0.15, 0.2) is 53.4 Å². The van der Waals surface area contributed by atoms with Crippen LogP contribution in [0.25, 0.3) is 0 Å². The van der Waals surface area contributed by atoms with E-state index in [0.717, 1.165) is 18.6 Å².